The van der Waals surface area contributed by atoms with Crippen LogP contribution in [0.2, 0.25) is 0 Å². The van der Waals surface area contributed by atoms with Crippen molar-refractivity contribution in [3.63, 3.8) is 0 Å². The molecule has 1 atom stereocenters. The van der Waals surface area contributed by atoms with Crippen molar-refractivity contribution in [2.24, 2.45) is 5.41 Å². The predicted octanol–water partition coefficient (Wildman–Crippen LogP) is 4.27. The van der Waals surface area contributed by atoms with E-state index in [9.17, 15) is 0 Å². The van der Waals surface area contributed by atoms with Crippen molar-refractivity contribution in [1.29, 1.82) is 0 Å². The molecule has 110 valence electrons. The summed E-state index contributed by atoms with van der Waals surface area (Å²) >= 11 is 0. The number of allylic oxidation sites excluding steroid dienone is 6. The molecule has 1 aromatic rings. The molecule has 0 bridgehead atoms. The molecule has 0 radical (unpaired) electrons. The van der Waals surface area contributed by atoms with E-state index in [0.717, 1.165) is 12.1 Å². The van der Waals surface area contributed by atoms with Crippen molar-refractivity contribution in [2.45, 2.75) is 39.5 Å². The number of nitrogen functional groups attached to an aromatic ring is 1. The van der Waals surface area contributed by atoms with Gasteiger partial charge in [0, 0.05) is 27.9 Å². The van der Waals surface area contributed by atoms with Crippen LogP contribution in [0.4, 0.5) is 5.69 Å². The molecule has 0 fully saturated rings. The van der Waals surface area contributed by atoms with Gasteiger partial charge in [0.25, 0.3) is 0 Å². The fourth-order valence-electron chi connectivity index (χ4n) is 3.85. The van der Waals surface area contributed by atoms with Gasteiger partial charge in [-0.1, -0.05) is 45.1 Å². The molecule has 0 saturated carbocycles. The fourth-order valence-corrected chi connectivity index (χ4v) is 3.85. The Balaban J connectivity index is 2.14. The SMILES string of the molecule is CC1=CC=CC2=C(N1)C(C)(C)CC2(C)c1ccc(N)cc1. The first-order chi connectivity index (χ1) is 9.83. The van der Waals surface area contributed by atoms with Gasteiger partial charge in [0.05, 0.1) is 0 Å². The highest BCUT2D eigenvalue weighted by Crippen LogP contribution is 2.54. The number of hydrogen-bond acceptors (Lipinski definition) is 2. The van der Waals surface area contributed by atoms with Crippen LogP contribution in [0.25, 0.3) is 0 Å². The highest BCUT2D eigenvalue weighted by atomic mass is 14.9. The molecule has 1 aliphatic carbocycles. The van der Waals surface area contributed by atoms with E-state index < -0.39 is 0 Å². The van der Waals surface area contributed by atoms with Crippen molar-refractivity contribution in [2.75, 3.05) is 5.73 Å². The lowest BCUT2D eigenvalue weighted by atomic mass is 9.73. The smallest absolute Gasteiger partial charge is 0.0314 e. The van der Waals surface area contributed by atoms with Crippen LogP contribution in [-0.4, -0.2) is 0 Å². The number of nitrogens with two attached hydrogens (primary N) is 1. The molecular formula is C19H24N2. The van der Waals surface area contributed by atoms with E-state index in [4.69, 9.17) is 5.73 Å². The molecule has 0 aromatic heterocycles. The van der Waals surface area contributed by atoms with Crippen LogP contribution in [0.15, 0.2) is 59.5 Å². The minimum Gasteiger partial charge on any atom is -0.399 e. The fraction of sp³-hybridized carbons (Fsp3) is 0.368. The summed E-state index contributed by atoms with van der Waals surface area (Å²) < 4.78 is 0. The van der Waals surface area contributed by atoms with Crippen molar-refractivity contribution in [3.8, 4) is 0 Å². The summed E-state index contributed by atoms with van der Waals surface area (Å²) in [6.45, 7) is 9.11. The second-order valence-electron chi connectivity index (χ2n) is 7.14. The molecule has 2 heteroatoms. The van der Waals surface area contributed by atoms with Gasteiger partial charge in [-0.25, -0.2) is 0 Å². The van der Waals surface area contributed by atoms with Gasteiger partial charge in [0.15, 0.2) is 0 Å². The molecule has 2 nitrogen and oxygen atoms in total. The van der Waals surface area contributed by atoms with Crippen molar-refractivity contribution in [3.05, 3.63) is 65.0 Å². The van der Waals surface area contributed by atoms with E-state index in [-0.39, 0.29) is 10.8 Å². The van der Waals surface area contributed by atoms with E-state index in [1.54, 1.807) is 0 Å². The second kappa shape index (κ2) is 4.52. The molecule has 21 heavy (non-hydrogen) atoms. The highest BCUT2D eigenvalue weighted by molar-refractivity contribution is 5.53. The quantitative estimate of drug-likeness (QED) is 0.754. The van der Waals surface area contributed by atoms with Gasteiger partial charge in [-0.2, -0.15) is 0 Å². The first kappa shape index (κ1) is 14.0. The summed E-state index contributed by atoms with van der Waals surface area (Å²) in [5.74, 6) is 0. The molecule has 1 aliphatic heterocycles. The van der Waals surface area contributed by atoms with Crippen LogP contribution in [0.3, 0.4) is 0 Å². The average Bonchev–Trinajstić information content (AvgIpc) is 2.56. The Kier molecular flexibility index (Phi) is 3.01. The Morgan fingerprint density at radius 2 is 1.76 bits per heavy atom. The van der Waals surface area contributed by atoms with E-state index in [0.29, 0.717) is 0 Å². The maximum atomic E-state index is 5.85. The van der Waals surface area contributed by atoms with Gasteiger partial charge in [-0.05, 0) is 42.7 Å². The summed E-state index contributed by atoms with van der Waals surface area (Å²) in [5.41, 5.74) is 12.1. The average molecular weight is 280 g/mol. The molecule has 1 aromatic carbocycles. The summed E-state index contributed by atoms with van der Waals surface area (Å²) in [5, 5.41) is 3.62. The van der Waals surface area contributed by atoms with Crippen LogP contribution in [0, 0.1) is 5.41 Å². The van der Waals surface area contributed by atoms with Gasteiger partial charge < -0.3 is 11.1 Å². The minimum atomic E-state index is 0.0223. The number of anilines is 1. The molecule has 0 spiro atoms. The minimum absolute atomic E-state index is 0.0223. The van der Waals surface area contributed by atoms with Gasteiger partial charge in [-0.3, -0.25) is 0 Å². The van der Waals surface area contributed by atoms with E-state index in [1.807, 2.05) is 12.1 Å². The lowest BCUT2D eigenvalue weighted by molar-refractivity contribution is 0.358. The number of rotatable bonds is 1. The van der Waals surface area contributed by atoms with Crippen molar-refractivity contribution < 1.29 is 0 Å². The first-order valence-corrected chi connectivity index (χ1v) is 7.56. The molecule has 3 N–H and O–H groups in total. The zero-order chi connectivity index (χ0) is 15.3. The first-order valence-electron chi connectivity index (χ1n) is 7.56. The van der Waals surface area contributed by atoms with Crippen LogP contribution in [-0.2, 0) is 5.41 Å². The summed E-state index contributed by atoms with van der Waals surface area (Å²) in [6.07, 6.45) is 7.66. The topological polar surface area (TPSA) is 38.0 Å². The number of hydrogen-bond donors (Lipinski definition) is 2. The van der Waals surface area contributed by atoms with Crippen LogP contribution >= 0.6 is 0 Å². The van der Waals surface area contributed by atoms with E-state index in [2.05, 4.69) is 63.4 Å². The predicted molar refractivity (Wildman–Crippen MR) is 89.7 cm³/mol. The van der Waals surface area contributed by atoms with Crippen molar-refractivity contribution in [1.82, 2.24) is 5.32 Å². The Morgan fingerprint density at radius 3 is 2.43 bits per heavy atom. The normalized spacial score (nSPS) is 27.0. The van der Waals surface area contributed by atoms with Gasteiger partial charge in [0.2, 0.25) is 0 Å². The van der Waals surface area contributed by atoms with E-state index >= 15 is 0 Å². The molecule has 0 amide bonds. The Hall–Kier alpha value is -1.96. The monoisotopic (exact) mass is 280 g/mol. The largest absolute Gasteiger partial charge is 0.399 e. The molecule has 1 heterocycles. The van der Waals surface area contributed by atoms with Gasteiger partial charge >= 0.3 is 0 Å². The zero-order valence-corrected chi connectivity index (χ0v) is 13.3. The Morgan fingerprint density at radius 1 is 1.10 bits per heavy atom. The van der Waals surface area contributed by atoms with E-state index in [1.165, 1.54) is 22.5 Å². The van der Waals surface area contributed by atoms with Crippen LogP contribution in [0.5, 0.6) is 0 Å². The highest BCUT2D eigenvalue weighted by Gasteiger charge is 2.47. The molecular weight excluding hydrogens is 256 g/mol. The maximum Gasteiger partial charge on any atom is 0.0314 e. The molecule has 2 aliphatic rings. The zero-order valence-electron chi connectivity index (χ0n) is 13.3. The third-order valence-corrected chi connectivity index (χ3v) is 4.82. The third-order valence-electron chi connectivity index (χ3n) is 4.82. The van der Waals surface area contributed by atoms with Gasteiger partial charge in [0.1, 0.15) is 0 Å². The standard InChI is InChI=1S/C19H24N2/c1-13-6-5-7-16-17(21-13)18(2,3)12-19(16,4)14-8-10-15(20)11-9-14/h5-11,21H,12,20H2,1-4H3. The molecule has 3 rings (SSSR count). The van der Waals surface area contributed by atoms with Crippen molar-refractivity contribution >= 4 is 5.69 Å². The number of nitrogens with one attached hydrogen (secondary N) is 1. The van der Waals surface area contributed by atoms with Crippen LogP contribution in [0.1, 0.15) is 39.7 Å². The summed E-state index contributed by atoms with van der Waals surface area (Å²) in [4.78, 5) is 0. The second-order valence-corrected chi connectivity index (χ2v) is 7.14. The lowest BCUT2D eigenvalue weighted by Gasteiger charge is -2.30. The lowest BCUT2D eigenvalue weighted by Crippen LogP contribution is -2.25. The summed E-state index contributed by atoms with van der Waals surface area (Å²) in [6, 6.07) is 8.34. The van der Waals surface area contributed by atoms with Crippen LogP contribution < -0.4 is 11.1 Å². The van der Waals surface area contributed by atoms with Gasteiger partial charge in [-0.15, -0.1) is 0 Å². The molecule has 0 saturated heterocycles. The Bertz CT molecular complexity index is 659. The Labute approximate surface area is 127 Å². The number of benzene rings is 1. The maximum absolute atomic E-state index is 5.85. The third kappa shape index (κ3) is 2.19. The molecule has 1 unspecified atom stereocenters. The summed E-state index contributed by atoms with van der Waals surface area (Å²) in [7, 11) is 0.